The first-order chi connectivity index (χ1) is 14.9. The Labute approximate surface area is 192 Å². The fraction of sp³-hybridized carbons (Fsp3) is 0.190. The van der Waals surface area contributed by atoms with Gasteiger partial charge in [0.05, 0.1) is 15.0 Å². The average molecular weight is 479 g/mol. The second kappa shape index (κ2) is 9.21. The molecule has 0 aromatic heterocycles. The van der Waals surface area contributed by atoms with Crippen LogP contribution in [0.4, 0.5) is 4.79 Å². The summed E-state index contributed by atoms with van der Waals surface area (Å²) in [6.07, 6.45) is 0.774. The molecule has 4 rings (SSSR count). The van der Waals surface area contributed by atoms with Crippen LogP contribution in [0, 0.1) is 0 Å². The van der Waals surface area contributed by atoms with E-state index < -0.39 is 17.3 Å². The monoisotopic (exact) mass is 478 g/mol. The highest BCUT2D eigenvalue weighted by Gasteiger charge is 2.35. The number of imide groups is 1. The number of amides is 3. The lowest BCUT2D eigenvalue weighted by molar-refractivity contribution is -0.131. The third-order valence-corrected chi connectivity index (χ3v) is 6.20. The second-order valence-corrected chi connectivity index (χ2v) is 8.47. The minimum absolute atomic E-state index is 0.0410. The maximum Gasteiger partial charge on any atom is 0.293 e. The molecule has 0 radical (unpaired) electrons. The van der Waals surface area contributed by atoms with Crippen LogP contribution in [-0.2, 0) is 9.59 Å². The van der Waals surface area contributed by atoms with Gasteiger partial charge in [0, 0.05) is 13.1 Å². The number of benzene rings is 2. The topological polar surface area (TPSA) is 84.9 Å². The molecule has 31 heavy (non-hydrogen) atoms. The van der Waals surface area contributed by atoms with Crippen LogP contribution in [0.15, 0.2) is 47.4 Å². The van der Waals surface area contributed by atoms with Gasteiger partial charge in [0.15, 0.2) is 11.5 Å². The summed E-state index contributed by atoms with van der Waals surface area (Å²) in [4.78, 5) is 38.6. The lowest BCUT2D eigenvalue weighted by Crippen LogP contribution is -2.46. The molecule has 1 saturated heterocycles. The Hall–Kier alpha value is -2.68. The van der Waals surface area contributed by atoms with Gasteiger partial charge in [-0.25, -0.2) is 0 Å². The molecule has 2 aromatic carbocycles. The summed E-state index contributed by atoms with van der Waals surface area (Å²) in [5.41, 5.74) is 0.655. The van der Waals surface area contributed by atoms with Gasteiger partial charge < -0.3 is 14.8 Å². The molecule has 0 bridgehead atoms. The molecule has 2 aromatic rings. The number of carbonyl (C=O) groups is 3. The second-order valence-electron chi connectivity index (χ2n) is 6.66. The van der Waals surface area contributed by atoms with E-state index in [1.807, 2.05) is 6.07 Å². The van der Waals surface area contributed by atoms with Crippen molar-refractivity contribution in [1.29, 1.82) is 0 Å². The average Bonchev–Trinajstić information content (AvgIpc) is 3.03. The molecule has 7 nitrogen and oxygen atoms in total. The zero-order chi connectivity index (χ0) is 22.0. The summed E-state index contributed by atoms with van der Waals surface area (Å²) in [7, 11) is 0. The van der Waals surface area contributed by atoms with Crippen LogP contribution in [0.25, 0.3) is 6.08 Å². The number of nitrogens with zero attached hydrogens (tertiary/aromatic N) is 1. The minimum Gasteiger partial charge on any atom is -0.485 e. The van der Waals surface area contributed by atoms with Gasteiger partial charge in [0.1, 0.15) is 6.61 Å². The smallest absolute Gasteiger partial charge is 0.293 e. The van der Waals surface area contributed by atoms with Crippen molar-refractivity contribution < 1.29 is 23.9 Å². The third kappa shape index (κ3) is 4.81. The van der Waals surface area contributed by atoms with Gasteiger partial charge in [0.2, 0.25) is 6.10 Å². The Morgan fingerprint density at radius 3 is 2.71 bits per heavy atom. The van der Waals surface area contributed by atoms with Crippen LogP contribution in [0.2, 0.25) is 10.0 Å². The molecule has 2 aliphatic rings. The lowest BCUT2D eigenvalue weighted by Gasteiger charge is -2.25. The minimum atomic E-state index is -0.806. The number of carbonyl (C=O) groups excluding carboxylic acids is 3. The fourth-order valence-corrected chi connectivity index (χ4v) is 4.17. The summed E-state index contributed by atoms with van der Waals surface area (Å²) in [5, 5.41) is 3.03. The molecule has 2 aliphatic heterocycles. The first-order valence-corrected chi connectivity index (χ1v) is 10.9. The maximum atomic E-state index is 12.6. The molecule has 0 aliphatic carbocycles. The van der Waals surface area contributed by atoms with E-state index in [-0.39, 0.29) is 30.5 Å². The molecular formula is C21H16Cl2N2O5S. The van der Waals surface area contributed by atoms with Gasteiger partial charge in [-0.1, -0.05) is 41.4 Å². The number of hydrogen-bond acceptors (Lipinski definition) is 6. The first kappa shape index (κ1) is 21.5. The number of rotatable bonds is 5. The number of para-hydroxylation sites is 2. The van der Waals surface area contributed by atoms with Crippen molar-refractivity contribution in [3.8, 4) is 11.5 Å². The van der Waals surface area contributed by atoms with Gasteiger partial charge in [-0.05, 0) is 47.7 Å². The molecule has 160 valence electrons. The summed E-state index contributed by atoms with van der Waals surface area (Å²) in [6.45, 7) is 0.217. The molecule has 1 atom stereocenters. The van der Waals surface area contributed by atoms with Crippen LogP contribution in [0.1, 0.15) is 5.56 Å². The molecule has 10 heteroatoms. The Morgan fingerprint density at radius 2 is 1.94 bits per heavy atom. The molecule has 0 saturated carbocycles. The Morgan fingerprint density at radius 1 is 1.16 bits per heavy atom. The van der Waals surface area contributed by atoms with Crippen molar-refractivity contribution >= 4 is 58.1 Å². The summed E-state index contributed by atoms with van der Waals surface area (Å²) in [5.74, 6) is 0.264. The van der Waals surface area contributed by atoms with E-state index in [9.17, 15) is 14.4 Å². The van der Waals surface area contributed by atoms with Gasteiger partial charge in [0.25, 0.3) is 17.1 Å². The number of thioether (sulfide) groups is 1. The molecular weight excluding hydrogens is 463 g/mol. The quantitative estimate of drug-likeness (QED) is 0.654. The van der Waals surface area contributed by atoms with Crippen molar-refractivity contribution in [2.45, 2.75) is 6.10 Å². The van der Waals surface area contributed by atoms with Crippen molar-refractivity contribution in [1.82, 2.24) is 10.2 Å². The van der Waals surface area contributed by atoms with Crippen LogP contribution >= 0.6 is 35.0 Å². The molecule has 0 spiro atoms. The normalized spacial score (nSPS) is 19.1. The number of ether oxygens (including phenoxy) is 2. The van der Waals surface area contributed by atoms with E-state index in [0.29, 0.717) is 27.1 Å². The van der Waals surface area contributed by atoms with Gasteiger partial charge in [-0.2, -0.15) is 0 Å². The summed E-state index contributed by atoms with van der Waals surface area (Å²) < 4.78 is 11.2. The van der Waals surface area contributed by atoms with Gasteiger partial charge in [-0.3, -0.25) is 19.3 Å². The van der Waals surface area contributed by atoms with Crippen molar-refractivity contribution in [2.75, 3.05) is 19.7 Å². The maximum absolute atomic E-state index is 12.6. The van der Waals surface area contributed by atoms with Crippen LogP contribution in [-0.4, -0.2) is 47.8 Å². The Balaban J connectivity index is 1.32. The summed E-state index contributed by atoms with van der Waals surface area (Å²) in [6, 6.07) is 12.0. The molecule has 0 unspecified atom stereocenters. The van der Waals surface area contributed by atoms with E-state index in [4.69, 9.17) is 32.7 Å². The number of fused-ring (bicyclic) bond motifs is 1. The summed E-state index contributed by atoms with van der Waals surface area (Å²) >= 11 is 12.7. The van der Waals surface area contributed by atoms with Crippen molar-refractivity contribution in [2.24, 2.45) is 0 Å². The predicted molar refractivity (Wildman–Crippen MR) is 119 cm³/mol. The first-order valence-electron chi connectivity index (χ1n) is 9.29. The number of halogens is 2. The van der Waals surface area contributed by atoms with Gasteiger partial charge >= 0.3 is 0 Å². The standard InChI is InChI=1S/C21H16Cl2N2O5S/c22-13-6-5-12(9-14(13)23)10-18-20(27)25(21(28)31-18)8-7-24-19(26)17-11-29-15-3-1-2-4-16(15)30-17/h1-6,9-10,17H,7-8,11H2,(H,24,26)/b18-10-/t17-/m1/s1. The number of nitrogens with one attached hydrogen (secondary N) is 1. The molecule has 3 amide bonds. The van der Waals surface area contributed by atoms with E-state index in [1.54, 1.807) is 42.5 Å². The predicted octanol–water partition coefficient (Wildman–Crippen LogP) is 3.99. The van der Waals surface area contributed by atoms with E-state index in [2.05, 4.69) is 5.32 Å². The highest BCUT2D eigenvalue weighted by Crippen LogP contribution is 2.33. The van der Waals surface area contributed by atoms with Gasteiger partial charge in [-0.15, -0.1) is 0 Å². The van der Waals surface area contributed by atoms with E-state index >= 15 is 0 Å². The third-order valence-electron chi connectivity index (χ3n) is 4.55. The molecule has 2 heterocycles. The molecule has 1 fully saturated rings. The van der Waals surface area contributed by atoms with E-state index in [0.717, 1.165) is 16.7 Å². The van der Waals surface area contributed by atoms with Crippen LogP contribution in [0.5, 0.6) is 11.5 Å². The largest absolute Gasteiger partial charge is 0.485 e. The van der Waals surface area contributed by atoms with Crippen molar-refractivity contribution in [3.05, 3.63) is 63.0 Å². The Bertz CT molecular complexity index is 1090. The van der Waals surface area contributed by atoms with Crippen molar-refractivity contribution in [3.63, 3.8) is 0 Å². The van der Waals surface area contributed by atoms with Crippen LogP contribution in [0.3, 0.4) is 0 Å². The Kier molecular flexibility index (Phi) is 6.41. The lowest BCUT2D eigenvalue weighted by atomic mass is 10.2. The number of hydrogen-bond donors (Lipinski definition) is 1. The molecule has 1 N–H and O–H groups in total. The SMILES string of the molecule is O=C(NCCN1C(=O)S/C(=C\c2ccc(Cl)c(Cl)c2)C1=O)[C@H]1COc2ccccc2O1. The highest BCUT2D eigenvalue weighted by molar-refractivity contribution is 8.18. The highest BCUT2D eigenvalue weighted by atomic mass is 35.5. The zero-order valence-corrected chi connectivity index (χ0v) is 18.3. The zero-order valence-electron chi connectivity index (χ0n) is 16.0. The van der Waals surface area contributed by atoms with Crippen LogP contribution < -0.4 is 14.8 Å². The van der Waals surface area contributed by atoms with E-state index in [1.165, 1.54) is 0 Å². The fourth-order valence-electron chi connectivity index (χ4n) is 3.00.